The Morgan fingerprint density at radius 1 is 1.31 bits per heavy atom. The molecular formula is C22H20ClN5O4. The van der Waals surface area contributed by atoms with E-state index in [1.54, 1.807) is 0 Å². The van der Waals surface area contributed by atoms with Gasteiger partial charge in [-0.3, -0.25) is 15.5 Å². The van der Waals surface area contributed by atoms with Crippen LogP contribution in [0, 0.1) is 72.2 Å². The molecule has 9 nitrogen and oxygen atoms in total. The lowest BCUT2D eigenvalue weighted by Gasteiger charge is -2.52. The number of nitriles is 3. The lowest BCUT2D eigenvalue weighted by Crippen LogP contribution is -2.61. The fourth-order valence-electron chi connectivity index (χ4n) is 5.72. The second-order valence-electron chi connectivity index (χ2n) is 8.64. The minimum absolute atomic E-state index is 0.104. The van der Waals surface area contributed by atoms with E-state index in [1.807, 2.05) is 12.1 Å². The third-order valence-electron chi connectivity index (χ3n) is 7.18. The van der Waals surface area contributed by atoms with Gasteiger partial charge in [-0.05, 0) is 30.4 Å². The summed E-state index contributed by atoms with van der Waals surface area (Å²) in [6.45, 7) is 2.06. The van der Waals surface area contributed by atoms with E-state index in [0.717, 1.165) is 25.3 Å². The van der Waals surface area contributed by atoms with Crippen molar-refractivity contribution >= 4 is 23.2 Å². The summed E-state index contributed by atoms with van der Waals surface area (Å²) >= 11 is 5.95. The maximum absolute atomic E-state index is 11.4. The Morgan fingerprint density at radius 2 is 2.03 bits per heavy atom. The average molecular weight is 454 g/mol. The van der Waals surface area contributed by atoms with Crippen LogP contribution in [-0.4, -0.2) is 16.6 Å². The molecule has 1 aromatic rings. The monoisotopic (exact) mass is 453 g/mol. The lowest BCUT2D eigenvalue weighted by molar-refractivity contribution is -0.384. The SMILES string of the molecule is CCCC1CCC23OC(=N)C(C#N)(C2C1)C(C#N)(C#N)C(c1ccc(Cl)c([N+](=O)[O-])c1)O3. The predicted molar refractivity (Wildman–Crippen MR) is 111 cm³/mol. The molecule has 0 radical (unpaired) electrons. The van der Waals surface area contributed by atoms with E-state index < -0.39 is 45.1 Å². The largest absolute Gasteiger partial charge is 0.447 e. The van der Waals surface area contributed by atoms with Gasteiger partial charge in [-0.25, -0.2) is 0 Å². The second kappa shape index (κ2) is 7.45. The van der Waals surface area contributed by atoms with Gasteiger partial charge in [0.1, 0.15) is 11.1 Å². The highest BCUT2D eigenvalue weighted by molar-refractivity contribution is 6.32. The normalized spacial score (nSPS) is 34.3. The molecule has 32 heavy (non-hydrogen) atoms. The Balaban J connectivity index is 1.94. The predicted octanol–water partition coefficient (Wildman–Crippen LogP) is 4.78. The fraction of sp³-hybridized carbons (Fsp3) is 0.545. The van der Waals surface area contributed by atoms with Crippen LogP contribution >= 0.6 is 11.6 Å². The maximum atomic E-state index is 11.4. The van der Waals surface area contributed by atoms with Gasteiger partial charge >= 0.3 is 0 Å². The van der Waals surface area contributed by atoms with Crippen LogP contribution in [0.15, 0.2) is 18.2 Å². The van der Waals surface area contributed by atoms with Crippen molar-refractivity contribution in [2.24, 2.45) is 22.7 Å². The first kappa shape index (κ1) is 22.0. The van der Waals surface area contributed by atoms with Crippen LogP contribution in [0.4, 0.5) is 5.69 Å². The smallest absolute Gasteiger partial charge is 0.288 e. The van der Waals surface area contributed by atoms with Crippen molar-refractivity contribution in [1.82, 2.24) is 0 Å². The van der Waals surface area contributed by atoms with Crippen LogP contribution in [0.2, 0.25) is 5.02 Å². The van der Waals surface area contributed by atoms with Gasteiger partial charge < -0.3 is 9.47 Å². The van der Waals surface area contributed by atoms with E-state index in [4.69, 9.17) is 26.5 Å². The third kappa shape index (κ3) is 2.60. The molecule has 2 heterocycles. The summed E-state index contributed by atoms with van der Waals surface area (Å²) in [5.41, 5.74) is -4.24. The van der Waals surface area contributed by atoms with Crippen molar-refractivity contribution in [3.8, 4) is 18.2 Å². The van der Waals surface area contributed by atoms with E-state index in [2.05, 4.69) is 13.0 Å². The number of halogens is 1. The van der Waals surface area contributed by atoms with Crippen LogP contribution < -0.4 is 0 Å². The molecule has 2 aliphatic heterocycles. The Labute approximate surface area is 189 Å². The van der Waals surface area contributed by atoms with Crippen molar-refractivity contribution in [2.45, 2.75) is 50.9 Å². The third-order valence-corrected chi connectivity index (χ3v) is 7.50. The van der Waals surface area contributed by atoms with E-state index in [-0.39, 0.29) is 16.5 Å². The molecule has 4 rings (SSSR count). The number of benzene rings is 1. The number of nitro groups is 1. The van der Waals surface area contributed by atoms with Crippen molar-refractivity contribution in [1.29, 1.82) is 21.2 Å². The van der Waals surface area contributed by atoms with Gasteiger partial charge in [-0.2, -0.15) is 15.8 Å². The summed E-state index contributed by atoms with van der Waals surface area (Å²) in [5, 5.41) is 50.9. The first-order valence-electron chi connectivity index (χ1n) is 10.4. The summed E-state index contributed by atoms with van der Waals surface area (Å²) in [5.74, 6) is -2.20. The highest BCUT2D eigenvalue weighted by atomic mass is 35.5. The summed E-state index contributed by atoms with van der Waals surface area (Å²) in [7, 11) is 0. The molecule has 2 saturated heterocycles. The number of hydrogen-bond acceptors (Lipinski definition) is 8. The van der Waals surface area contributed by atoms with Crippen molar-refractivity contribution in [3.05, 3.63) is 38.9 Å². The van der Waals surface area contributed by atoms with Crippen LogP contribution in [0.25, 0.3) is 0 Å². The molecular weight excluding hydrogens is 434 g/mol. The van der Waals surface area contributed by atoms with Gasteiger partial charge in [0.05, 0.1) is 29.0 Å². The summed E-state index contributed by atoms with van der Waals surface area (Å²) in [6, 6.07) is 9.97. The molecule has 10 heteroatoms. The Hall–Kier alpha value is -3.19. The van der Waals surface area contributed by atoms with Gasteiger partial charge in [0.25, 0.3) is 5.69 Å². The quantitative estimate of drug-likeness (QED) is 0.507. The van der Waals surface area contributed by atoms with Crippen LogP contribution in [0.5, 0.6) is 0 Å². The van der Waals surface area contributed by atoms with Crippen LogP contribution in [-0.2, 0) is 9.47 Å². The number of ether oxygens (including phenoxy) is 2. The van der Waals surface area contributed by atoms with Crippen molar-refractivity contribution < 1.29 is 14.4 Å². The molecule has 164 valence electrons. The Morgan fingerprint density at radius 3 is 2.62 bits per heavy atom. The fourth-order valence-corrected chi connectivity index (χ4v) is 5.91. The average Bonchev–Trinajstić information content (AvgIpc) is 2.98. The van der Waals surface area contributed by atoms with E-state index in [0.29, 0.717) is 12.8 Å². The first-order valence-corrected chi connectivity index (χ1v) is 10.8. The molecule has 5 atom stereocenters. The Bertz CT molecular complexity index is 1120. The second-order valence-corrected chi connectivity index (χ2v) is 9.05. The van der Waals surface area contributed by atoms with E-state index in [9.17, 15) is 25.9 Å². The number of nitrogens with one attached hydrogen (secondary N) is 1. The molecule has 1 aromatic carbocycles. The number of rotatable bonds is 4. The van der Waals surface area contributed by atoms with E-state index >= 15 is 0 Å². The first-order chi connectivity index (χ1) is 15.2. The van der Waals surface area contributed by atoms with Gasteiger partial charge in [-0.1, -0.05) is 37.4 Å². The highest BCUT2D eigenvalue weighted by Crippen LogP contribution is 2.70. The lowest BCUT2D eigenvalue weighted by atomic mass is 9.50. The zero-order chi connectivity index (χ0) is 23.3. The number of nitrogens with zero attached hydrogens (tertiary/aromatic N) is 4. The topological polar surface area (TPSA) is 157 Å². The molecule has 0 aromatic heterocycles. The number of hydrogen-bond donors (Lipinski definition) is 1. The molecule has 1 aliphatic carbocycles. The van der Waals surface area contributed by atoms with E-state index in [1.165, 1.54) is 12.1 Å². The zero-order valence-electron chi connectivity index (χ0n) is 17.3. The molecule has 5 unspecified atom stereocenters. The van der Waals surface area contributed by atoms with Crippen LogP contribution in [0.3, 0.4) is 0 Å². The van der Waals surface area contributed by atoms with Gasteiger partial charge in [-0.15, -0.1) is 0 Å². The van der Waals surface area contributed by atoms with Crippen molar-refractivity contribution in [2.75, 3.05) is 0 Å². The molecule has 0 amide bonds. The number of nitro benzene ring substituents is 1. The summed E-state index contributed by atoms with van der Waals surface area (Å²) < 4.78 is 12.2. The molecule has 3 aliphatic rings. The van der Waals surface area contributed by atoms with Crippen LogP contribution in [0.1, 0.15) is 50.7 Å². The van der Waals surface area contributed by atoms with Gasteiger partial charge in [0.15, 0.2) is 5.41 Å². The minimum atomic E-state index is -2.14. The maximum Gasteiger partial charge on any atom is 0.288 e. The molecule has 0 spiro atoms. The van der Waals surface area contributed by atoms with Gasteiger partial charge in [0, 0.05) is 12.5 Å². The van der Waals surface area contributed by atoms with Gasteiger partial charge in [0.2, 0.25) is 17.1 Å². The molecule has 1 saturated carbocycles. The highest BCUT2D eigenvalue weighted by Gasteiger charge is 2.80. The molecule has 3 fully saturated rings. The molecule has 2 bridgehead atoms. The standard InChI is InChI=1S/C22H20ClN5O4/c1-2-3-13-6-7-22-17(8-13)21(12-26,19(27)32-22)20(10-24,11-25)18(31-22)14-4-5-15(23)16(9-14)28(29)30/h4-5,9,13,17-18,27H,2-3,6-8H2,1H3. The summed E-state index contributed by atoms with van der Waals surface area (Å²) in [6.07, 6.45) is 2.16. The Kier molecular flexibility index (Phi) is 5.12. The molecule has 1 N–H and O–H groups in total. The minimum Gasteiger partial charge on any atom is -0.447 e. The van der Waals surface area contributed by atoms with Crippen molar-refractivity contribution in [3.63, 3.8) is 0 Å². The zero-order valence-corrected chi connectivity index (χ0v) is 18.1. The summed E-state index contributed by atoms with van der Waals surface area (Å²) in [4.78, 5) is 10.8.